The van der Waals surface area contributed by atoms with Gasteiger partial charge in [0.15, 0.2) is 0 Å². The fraction of sp³-hybridized carbons (Fsp3) is 0. The van der Waals surface area contributed by atoms with Gasteiger partial charge in [-0.25, -0.2) is 0 Å². The Morgan fingerprint density at radius 3 is 0.818 bits per heavy atom. The molecule has 2 nitrogen and oxygen atoms in total. The standard InChI is InChI=1S/C42H32N2/c1-5-13-37(14-6-1)43(38-15-7-2-8-16-38)41-29-25-35(26-30-41)33-21-23-34(24-22-33)36-27-31-42(32-28-36)44(39-17-9-3-10-18-39)40-19-11-4-12-20-40/h1-32H/i5T,9T. The molecule has 0 aliphatic heterocycles. The lowest BCUT2D eigenvalue weighted by Crippen LogP contribution is -2.09. The van der Waals surface area contributed by atoms with E-state index in [0.717, 1.165) is 56.4 Å². The molecule has 2 heteroatoms. The molecule has 210 valence electrons. The Morgan fingerprint density at radius 2 is 0.500 bits per heavy atom. The van der Waals surface area contributed by atoms with Gasteiger partial charge in [0.05, 0.1) is 2.74 Å². The van der Waals surface area contributed by atoms with Gasteiger partial charge in [-0.1, -0.05) is 121 Å². The first-order chi connectivity index (χ1) is 22.6. The molecule has 0 N–H and O–H groups in total. The van der Waals surface area contributed by atoms with E-state index in [0.29, 0.717) is 12.1 Å². The molecule has 0 radical (unpaired) electrons. The molecule has 7 aromatic carbocycles. The van der Waals surface area contributed by atoms with E-state index in [1.807, 2.05) is 72.8 Å². The molecule has 7 rings (SSSR count). The maximum atomic E-state index is 8.15. The lowest BCUT2D eigenvalue weighted by Gasteiger charge is -2.25. The summed E-state index contributed by atoms with van der Waals surface area (Å²) in [4.78, 5) is 4.36. The summed E-state index contributed by atoms with van der Waals surface area (Å²) in [7, 11) is 0. The SMILES string of the molecule is [3H]c1cccc(N(c2ccccc2)c2ccc(-c3ccc(-c4ccc(N(c5ccccc5)c5cccc([3H])c5)cc4)cc3)cc2)c1. The highest BCUT2D eigenvalue weighted by molar-refractivity contribution is 5.80. The highest BCUT2D eigenvalue weighted by atomic mass is 15.1. The van der Waals surface area contributed by atoms with Crippen LogP contribution in [0.5, 0.6) is 0 Å². The summed E-state index contributed by atoms with van der Waals surface area (Å²) in [5, 5.41) is 0. The molecule has 0 bridgehead atoms. The van der Waals surface area contributed by atoms with E-state index in [2.05, 4.69) is 107 Å². The largest absolute Gasteiger partial charge is 0.311 e. The van der Waals surface area contributed by atoms with E-state index >= 15 is 0 Å². The molecule has 0 atom stereocenters. The van der Waals surface area contributed by atoms with Crippen LogP contribution in [0.2, 0.25) is 0 Å². The summed E-state index contributed by atoms with van der Waals surface area (Å²) in [6.45, 7) is 0. The van der Waals surface area contributed by atoms with E-state index < -0.39 is 0 Å². The van der Waals surface area contributed by atoms with Gasteiger partial charge in [0.1, 0.15) is 0 Å². The Labute approximate surface area is 262 Å². The first-order valence-corrected chi connectivity index (χ1v) is 14.8. The predicted molar refractivity (Wildman–Crippen MR) is 187 cm³/mol. The van der Waals surface area contributed by atoms with Crippen LogP contribution in [0.25, 0.3) is 22.3 Å². The van der Waals surface area contributed by atoms with Gasteiger partial charge in [-0.2, -0.15) is 0 Å². The van der Waals surface area contributed by atoms with Crippen LogP contribution >= 0.6 is 0 Å². The van der Waals surface area contributed by atoms with Crippen LogP contribution in [0.3, 0.4) is 0 Å². The zero-order valence-electron chi connectivity index (χ0n) is 26.2. The minimum absolute atomic E-state index is 0.484. The number of anilines is 6. The quantitative estimate of drug-likeness (QED) is 0.180. The van der Waals surface area contributed by atoms with Crippen LogP contribution in [-0.2, 0) is 0 Å². The summed E-state index contributed by atoms with van der Waals surface area (Å²) >= 11 is 0. The minimum Gasteiger partial charge on any atom is -0.311 e. The number of nitrogens with zero attached hydrogens (tertiary/aromatic N) is 2. The molecule has 0 aliphatic rings. The monoisotopic (exact) mass is 568 g/mol. The van der Waals surface area contributed by atoms with Crippen molar-refractivity contribution >= 4 is 34.1 Å². The van der Waals surface area contributed by atoms with Crippen LogP contribution in [0.4, 0.5) is 34.1 Å². The number of hydrogen-bond acceptors (Lipinski definition) is 2. The molecule has 44 heavy (non-hydrogen) atoms. The van der Waals surface area contributed by atoms with Crippen molar-refractivity contribution in [3.05, 3.63) is 194 Å². The van der Waals surface area contributed by atoms with Gasteiger partial charge in [-0.3, -0.25) is 0 Å². The lowest BCUT2D eigenvalue weighted by atomic mass is 9.99. The number of para-hydroxylation sites is 4. The number of hydrogen-bond donors (Lipinski definition) is 0. The van der Waals surface area contributed by atoms with E-state index in [-0.39, 0.29) is 0 Å². The van der Waals surface area contributed by atoms with Crippen LogP contribution in [-0.4, -0.2) is 0 Å². The smallest absolute Gasteiger partial charge is 0.0623 e. The Bertz CT molecular complexity index is 1890. The number of rotatable bonds is 8. The zero-order chi connectivity index (χ0) is 31.3. The molecule has 0 unspecified atom stereocenters. The predicted octanol–water partition coefficient (Wildman–Crippen LogP) is 12.0. The van der Waals surface area contributed by atoms with Crippen LogP contribution in [0.1, 0.15) is 2.74 Å². The van der Waals surface area contributed by atoms with Gasteiger partial charge in [0, 0.05) is 34.1 Å². The molecule has 0 aromatic heterocycles. The van der Waals surface area contributed by atoms with E-state index in [1.54, 1.807) is 12.1 Å². The molecular formula is C42H32N2. The second-order valence-electron chi connectivity index (χ2n) is 10.5. The molecule has 0 spiro atoms. The van der Waals surface area contributed by atoms with E-state index in [4.69, 9.17) is 2.74 Å². The van der Waals surface area contributed by atoms with Crippen LogP contribution < -0.4 is 9.80 Å². The van der Waals surface area contributed by atoms with Gasteiger partial charge < -0.3 is 9.80 Å². The third-order valence-corrected chi connectivity index (χ3v) is 7.73. The average Bonchev–Trinajstić information content (AvgIpc) is 3.10. The molecule has 0 heterocycles. The van der Waals surface area contributed by atoms with E-state index in [1.165, 1.54) is 0 Å². The Hall–Kier alpha value is -5.86. The Balaban J connectivity index is 1.13. The minimum atomic E-state index is 0.484. The van der Waals surface area contributed by atoms with Crippen molar-refractivity contribution in [1.29, 1.82) is 0 Å². The van der Waals surface area contributed by atoms with Crippen molar-refractivity contribution in [1.82, 2.24) is 0 Å². The van der Waals surface area contributed by atoms with Crippen molar-refractivity contribution in [2.24, 2.45) is 0 Å². The molecule has 0 saturated heterocycles. The fourth-order valence-electron chi connectivity index (χ4n) is 5.56. The van der Waals surface area contributed by atoms with Crippen LogP contribution in [0.15, 0.2) is 194 Å². The van der Waals surface area contributed by atoms with Gasteiger partial charge in [0.25, 0.3) is 0 Å². The highest BCUT2D eigenvalue weighted by Crippen LogP contribution is 2.37. The van der Waals surface area contributed by atoms with Gasteiger partial charge >= 0.3 is 0 Å². The summed E-state index contributed by atoms with van der Waals surface area (Å²) in [5.41, 5.74) is 10.7. The Kier molecular flexibility index (Phi) is 7.06. The Morgan fingerprint density at radius 1 is 0.250 bits per heavy atom. The molecule has 0 fully saturated rings. The zero-order valence-corrected chi connectivity index (χ0v) is 24.2. The molecule has 0 aliphatic carbocycles. The van der Waals surface area contributed by atoms with Crippen molar-refractivity contribution in [2.45, 2.75) is 0 Å². The summed E-state index contributed by atoms with van der Waals surface area (Å²) in [6, 6.07) is 62.7. The van der Waals surface area contributed by atoms with Crippen molar-refractivity contribution in [3.63, 3.8) is 0 Å². The topological polar surface area (TPSA) is 6.48 Å². The maximum absolute atomic E-state index is 8.15. The molecular weight excluding hydrogens is 532 g/mol. The fourth-order valence-corrected chi connectivity index (χ4v) is 5.56. The first-order valence-electron chi connectivity index (χ1n) is 15.8. The maximum Gasteiger partial charge on any atom is 0.0623 e. The van der Waals surface area contributed by atoms with Crippen LogP contribution in [0, 0.1) is 0 Å². The third-order valence-electron chi connectivity index (χ3n) is 7.73. The third kappa shape index (κ3) is 5.74. The van der Waals surface area contributed by atoms with Crippen molar-refractivity contribution < 1.29 is 2.74 Å². The van der Waals surface area contributed by atoms with Gasteiger partial charge in [-0.05, 0) is 95.1 Å². The molecule has 7 aromatic rings. The van der Waals surface area contributed by atoms with E-state index in [9.17, 15) is 0 Å². The second-order valence-corrected chi connectivity index (χ2v) is 10.5. The second kappa shape index (κ2) is 12.6. The van der Waals surface area contributed by atoms with Gasteiger partial charge in [0.2, 0.25) is 0 Å². The van der Waals surface area contributed by atoms with Gasteiger partial charge in [-0.15, -0.1) is 0 Å². The lowest BCUT2D eigenvalue weighted by molar-refractivity contribution is 1.28. The molecule has 0 amide bonds. The summed E-state index contributed by atoms with van der Waals surface area (Å²) in [5.74, 6) is 0. The van der Waals surface area contributed by atoms with Crippen molar-refractivity contribution in [2.75, 3.05) is 9.80 Å². The highest BCUT2D eigenvalue weighted by Gasteiger charge is 2.13. The normalized spacial score (nSPS) is 11.4. The summed E-state index contributed by atoms with van der Waals surface area (Å²) < 4.78 is 16.3. The average molecular weight is 569 g/mol. The first kappa shape index (κ1) is 24.7. The summed E-state index contributed by atoms with van der Waals surface area (Å²) in [6.07, 6.45) is 0. The van der Waals surface area contributed by atoms with Crippen molar-refractivity contribution in [3.8, 4) is 22.3 Å². The molecule has 0 saturated carbocycles. The number of benzene rings is 7.